The van der Waals surface area contributed by atoms with E-state index in [2.05, 4.69) is 4.74 Å². The van der Waals surface area contributed by atoms with Gasteiger partial charge in [-0.3, -0.25) is 0 Å². The number of likely N-dealkylation sites (N-methyl/N-ethyl adjacent to an activating group) is 1. The molecule has 2 nitrogen and oxygen atoms in total. The van der Waals surface area contributed by atoms with Gasteiger partial charge in [-0.1, -0.05) is 0 Å². The van der Waals surface area contributed by atoms with E-state index in [9.17, 15) is 11.7 Å². The number of hydrogen-bond donors (Lipinski definition) is 0. The minimum absolute atomic E-state index is 0.0880. The van der Waals surface area contributed by atoms with Gasteiger partial charge in [-0.15, -0.1) is 11.7 Å². The van der Waals surface area contributed by atoms with E-state index in [1.807, 2.05) is 0 Å². The van der Waals surface area contributed by atoms with Gasteiger partial charge in [0, 0.05) is 20.7 Å². The lowest BCUT2D eigenvalue weighted by Crippen LogP contribution is -2.20. The molecule has 64 valence electrons. The highest BCUT2D eigenvalue weighted by Crippen LogP contribution is 2.55. The molecule has 0 aliphatic carbocycles. The van der Waals surface area contributed by atoms with E-state index in [1.54, 1.807) is 0 Å². The summed E-state index contributed by atoms with van der Waals surface area (Å²) in [4.78, 5) is 0. The van der Waals surface area contributed by atoms with Crippen molar-refractivity contribution in [3.8, 4) is 0 Å². The van der Waals surface area contributed by atoms with Crippen LogP contribution in [0.1, 0.15) is 0 Å². The van der Waals surface area contributed by atoms with Crippen LogP contribution in [0.4, 0.5) is 11.7 Å². The van der Waals surface area contributed by atoms with E-state index in [0.29, 0.717) is 4.31 Å². The maximum atomic E-state index is 11.7. The zero-order valence-corrected chi connectivity index (χ0v) is 6.63. The Labute approximate surface area is 60.3 Å². The van der Waals surface area contributed by atoms with Crippen molar-refractivity contribution >= 4 is 11.4 Å². The van der Waals surface area contributed by atoms with Crippen molar-refractivity contribution in [1.29, 1.82) is 0 Å². The van der Waals surface area contributed by atoms with Crippen LogP contribution in [0.25, 0.3) is 0 Å². The highest BCUT2D eigenvalue weighted by molar-refractivity contribution is 8.18. The molecule has 0 rings (SSSR count). The van der Waals surface area contributed by atoms with Gasteiger partial charge >= 0.3 is 0 Å². The Morgan fingerprint density at radius 1 is 1.40 bits per heavy atom. The van der Waals surface area contributed by atoms with Crippen molar-refractivity contribution in [2.45, 2.75) is 0 Å². The molecule has 0 aromatic rings. The van der Waals surface area contributed by atoms with E-state index < -0.39 is 11.4 Å². The van der Waals surface area contributed by atoms with Crippen molar-refractivity contribution in [3.63, 3.8) is 0 Å². The third kappa shape index (κ3) is 3.97. The van der Waals surface area contributed by atoms with Crippen LogP contribution in [-0.2, 0) is 4.74 Å². The summed E-state index contributed by atoms with van der Waals surface area (Å²) < 4.78 is 40.0. The molecule has 0 fully saturated rings. The molecule has 0 radical (unpaired) electrons. The van der Waals surface area contributed by atoms with Crippen LogP contribution in [-0.4, -0.2) is 31.6 Å². The fourth-order valence-corrected chi connectivity index (χ4v) is 0.605. The van der Waals surface area contributed by atoms with Crippen molar-refractivity contribution in [1.82, 2.24) is 4.31 Å². The van der Waals surface area contributed by atoms with Crippen molar-refractivity contribution in [2.75, 3.05) is 27.3 Å². The van der Waals surface area contributed by atoms with Crippen LogP contribution in [0, 0.1) is 0 Å². The van der Waals surface area contributed by atoms with Gasteiger partial charge in [-0.2, -0.15) is 4.31 Å². The molecular formula is C4H10F3NOS. The van der Waals surface area contributed by atoms with Crippen molar-refractivity contribution < 1.29 is 16.4 Å². The summed E-state index contributed by atoms with van der Waals surface area (Å²) in [6, 6.07) is 0. The second-order valence-corrected chi connectivity index (χ2v) is 3.11. The monoisotopic (exact) mass is 177 g/mol. The number of halogens is 3. The Hall–Kier alpha value is 0.0600. The third-order valence-electron chi connectivity index (χ3n) is 0.964. The summed E-state index contributed by atoms with van der Waals surface area (Å²) in [5.41, 5.74) is 0. The first-order chi connectivity index (χ1) is 4.48. The Balaban J connectivity index is 3.52. The molecule has 0 atom stereocenters. The molecule has 0 aliphatic heterocycles. The highest BCUT2D eigenvalue weighted by Gasteiger charge is 2.26. The zero-order chi connectivity index (χ0) is 8.20. The van der Waals surface area contributed by atoms with E-state index >= 15 is 0 Å². The van der Waals surface area contributed by atoms with Gasteiger partial charge in [0.2, 0.25) is 0 Å². The second-order valence-electron chi connectivity index (χ2n) is 1.73. The van der Waals surface area contributed by atoms with Crippen LogP contribution < -0.4 is 0 Å². The predicted octanol–water partition coefficient (Wildman–Crippen LogP) is 1.94. The Kier molecular flexibility index (Phi) is 4.07. The SMILES string of the molecule is COCCN(C)S(F)(F)F. The van der Waals surface area contributed by atoms with Crippen LogP contribution in [0.5, 0.6) is 0 Å². The molecular weight excluding hydrogens is 167 g/mol. The summed E-state index contributed by atoms with van der Waals surface area (Å²) in [6.07, 6.45) is 0. The maximum Gasteiger partial charge on any atom is 0.277 e. The molecule has 0 bridgehead atoms. The van der Waals surface area contributed by atoms with Crippen molar-refractivity contribution in [2.24, 2.45) is 0 Å². The topological polar surface area (TPSA) is 12.5 Å². The van der Waals surface area contributed by atoms with Gasteiger partial charge in [0.05, 0.1) is 6.61 Å². The van der Waals surface area contributed by atoms with E-state index in [-0.39, 0.29) is 13.2 Å². The zero-order valence-electron chi connectivity index (χ0n) is 5.81. The van der Waals surface area contributed by atoms with Gasteiger partial charge in [0.1, 0.15) is 0 Å². The fraction of sp³-hybridized carbons (Fsp3) is 1.00. The molecule has 0 heterocycles. The first kappa shape index (κ1) is 10.1. The first-order valence-corrected chi connectivity index (χ1v) is 3.90. The summed E-state index contributed by atoms with van der Waals surface area (Å²) in [6.45, 7) is 0.0261. The summed E-state index contributed by atoms with van der Waals surface area (Å²) in [7, 11) is 2.40. The van der Waals surface area contributed by atoms with Crippen LogP contribution >= 0.6 is 11.4 Å². The van der Waals surface area contributed by atoms with Crippen molar-refractivity contribution in [3.05, 3.63) is 0 Å². The van der Waals surface area contributed by atoms with Crippen LogP contribution in [0.3, 0.4) is 0 Å². The van der Waals surface area contributed by atoms with Crippen LogP contribution in [0.15, 0.2) is 0 Å². The van der Waals surface area contributed by atoms with Gasteiger partial charge in [-0.05, 0) is 0 Å². The average molecular weight is 177 g/mol. The Bertz CT molecular complexity index is 97.0. The Morgan fingerprint density at radius 2 is 1.90 bits per heavy atom. The number of hydrogen-bond acceptors (Lipinski definition) is 2. The Morgan fingerprint density at radius 3 is 2.20 bits per heavy atom. The highest BCUT2D eigenvalue weighted by atomic mass is 32.3. The fourth-order valence-electron chi connectivity index (χ4n) is 0.323. The summed E-state index contributed by atoms with van der Waals surface area (Å²) >= 11 is -5.02. The second kappa shape index (κ2) is 4.05. The minimum Gasteiger partial charge on any atom is -0.383 e. The number of nitrogens with zero attached hydrogens (tertiary/aromatic N) is 1. The normalized spacial score (nSPS) is 14.2. The lowest BCUT2D eigenvalue weighted by atomic mass is 10.7. The molecule has 0 aromatic heterocycles. The van der Waals surface area contributed by atoms with E-state index in [1.165, 1.54) is 7.11 Å². The van der Waals surface area contributed by atoms with Gasteiger partial charge in [0.15, 0.2) is 0 Å². The molecule has 6 heteroatoms. The molecule has 0 amide bonds. The van der Waals surface area contributed by atoms with Gasteiger partial charge < -0.3 is 4.74 Å². The maximum absolute atomic E-state index is 11.7. The number of methoxy groups -OCH3 is 1. The quantitative estimate of drug-likeness (QED) is 0.650. The smallest absolute Gasteiger partial charge is 0.277 e. The lowest BCUT2D eigenvalue weighted by Gasteiger charge is -2.21. The van der Waals surface area contributed by atoms with E-state index in [0.717, 1.165) is 7.05 Å². The molecule has 0 N–H and O–H groups in total. The first-order valence-electron chi connectivity index (χ1n) is 2.61. The minimum atomic E-state index is -5.02. The average Bonchev–Trinajstić information content (AvgIpc) is 1.80. The molecule has 0 saturated carbocycles. The molecule has 10 heavy (non-hydrogen) atoms. The molecule has 0 unspecified atom stereocenters. The largest absolute Gasteiger partial charge is 0.383 e. The third-order valence-corrected chi connectivity index (χ3v) is 1.85. The molecule has 0 aliphatic rings. The van der Waals surface area contributed by atoms with E-state index in [4.69, 9.17) is 0 Å². The standard InChI is InChI=1S/C4H10F3NOS/c1-8(3-4-9-2)10(5,6)7/h3-4H2,1-2H3. The summed E-state index contributed by atoms with van der Waals surface area (Å²) in [5, 5.41) is 0. The van der Waals surface area contributed by atoms with Gasteiger partial charge in [-0.25, -0.2) is 0 Å². The van der Waals surface area contributed by atoms with Crippen LogP contribution in [0.2, 0.25) is 0 Å². The molecule has 0 saturated heterocycles. The van der Waals surface area contributed by atoms with Gasteiger partial charge in [0.25, 0.3) is 11.4 Å². The predicted molar refractivity (Wildman–Crippen MR) is 35.4 cm³/mol. The molecule has 0 spiro atoms. The lowest BCUT2D eigenvalue weighted by molar-refractivity contribution is 0.183. The summed E-state index contributed by atoms with van der Waals surface area (Å²) in [5.74, 6) is 0. The number of rotatable bonds is 4. The molecule has 0 aromatic carbocycles. The number of ether oxygens (including phenoxy) is 1.